The van der Waals surface area contributed by atoms with E-state index in [9.17, 15) is 13.2 Å². The monoisotopic (exact) mass is 367 g/mol. The summed E-state index contributed by atoms with van der Waals surface area (Å²) in [6.45, 7) is 6.17. The minimum Gasteiger partial charge on any atom is -0.339 e. The number of amides is 1. The number of nitrogens with one attached hydrogen (secondary N) is 1. The second-order valence-electron chi connectivity index (χ2n) is 7.06. The number of nitrogens with zero attached hydrogens (tertiary/aromatic N) is 1. The molecule has 6 nitrogen and oxygen atoms in total. The third-order valence-electron chi connectivity index (χ3n) is 5.35. The Morgan fingerprint density at radius 3 is 2.32 bits per heavy atom. The molecule has 2 unspecified atom stereocenters. The molecule has 0 spiro atoms. The molecular formula is C18H29N3O3S. The fraction of sp³-hybridized carbons (Fsp3) is 0.611. The van der Waals surface area contributed by atoms with Crippen molar-refractivity contribution in [3.8, 4) is 0 Å². The first kappa shape index (κ1) is 19.9. The van der Waals surface area contributed by atoms with Crippen LogP contribution in [0.25, 0.3) is 0 Å². The zero-order chi connectivity index (χ0) is 18.6. The molecule has 3 N–H and O–H groups in total. The normalized spacial score (nSPS) is 18.6. The van der Waals surface area contributed by atoms with Gasteiger partial charge in [0.15, 0.2) is 0 Å². The average Bonchev–Trinajstić information content (AvgIpc) is 2.60. The predicted octanol–water partition coefficient (Wildman–Crippen LogP) is 1.88. The third-order valence-corrected chi connectivity index (χ3v) is 6.28. The average molecular weight is 368 g/mol. The number of sulfonamides is 1. The summed E-state index contributed by atoms with van der Waals surface area (Å²) in [5.41, 5.74) is 0.887. The Morgan fingerprint density at radius 1 is 1.24 bits per heavy atom. The van der Waals surface area contributed by atoms with Crippen LogP contribution in [0.4, 0.5) is 0 Å². The highest BCUT2D eigenvalue weighted by Gasteiger charge is 2.25. The summed E-state index contributed by atoms with van der Waals surface area (Å²) in [7, 11) is -1.89. The number of carbonyl (C=O) groups excluding carboxylic acids is 1. The standard InChI is InChI=1S/C18H29N3O3S/c1-13(15-8-10-20-11-9-15)12-18(22)21(3)14(2)16-4-6-17(7-5-16)25(19,23)24/h4-7,13-15,20H,8-12H2,1-3H3,(H2,19,23,24). The van der Waals surface area contributed by atoms with Crippen molar-refractivity contribution in [1.82, 2.24) is 10.2 Å². The van der Waals surface area contributed by atoms with Gasteiger partial charge in [-0.15, -0.1) is 0 Å². The van der Waals surface area contributed by atoms with Crippen LogP contribution in [0.3, 0.4) is 0 Å². The van der Waals surface area contributed by atoms with Crippen molar-refractivity contribution in [2.75, 3.05) is 20.1 Å². The van der Waals surface area contributed by atoms with Crippen molar-refractivity contribution in [1.29, 1.82) is 0 Å². The maximum absolute atomic E-state index is 12.6. The number of benzene rings is 1. The lowest BCUT2D eigenvalue weighted by Crippen LogP contribution is -2.35. The van der Waals surface area contributed by atoms with Crippen molar-refractivity contribution in [2.45, 2.75) is 44.0 Å². The van der Waals surface area contributed by atoms with Crippen LogP contribution in [0.5, 0.6) is 0 Å². The molecule has 1 amide bonds. The Hall–Kier alpha value is -1.44. The fourth-order valence-electron chi connectivity index (χ4n) is 3.38. The van der Waals surface area contributed by atoms with Crippen LogP contribution >= 0.6 is 0 Å². The highest BCUT2D eigenvalue weighted by Crippen LogP contribution is 2.27. The second kappa shape index (κ2) is 8.29. The zero-order valence-electron chi connectivity index (χ0n) is 15.2. The molecule has 0 aliphatic carbocycles. The minimum absolute atomic E-state index is 0.0805. The van der Waals surface area contributed by atoms with Crippen LogP contribution in [0.2, 0.25) is 0 Å². The third kappa shape index (κ3) is 5.26. The van der Waals surface area contributed by atoms with E-state index in [4.69, 9.17) is 5.14 Å². The second-order valence-corrected chi connectivity index (χ2v) is 8.62. The van der Waals surface area contributed by atoms with Crippen molar-refractivity contribution in [3.63, 3.8) is 0 Å². The summed E-state index contributed by atoms with van der Waals surface area (Å²) >= 11 is 0. The fourth-order valence-corrected chi connectivity index (χ4v) is 3.89. The Bertz CT molecular complexity index is 682. The first-order chi connectivity index (χ1) is 11.7. The van der Waals surface area contributed by atoms with Gasteiger partial charge in [0.25, 0.3) is 0 Å². The molecule has 7 heteroatoms. The number of primary sulfonamides is 1. The van der Waals surface area contributed by atoms with Gasteiger partial charge in [-0.1, -0.05) is 19.1 Å². The molecule has 1 fully saturated rings. The summed E-state index contributed by atoms with van der Waals surface area (Å²) < 4.78 is 22.7. The lowest BCUT2D eigenvalue weighted by atomic mass is 9.84. The van der Waals surface area contributed by atoms with E-state index in [1.807, 2.05) is 6.92 Å². The number of hydrogen-bond donors (Lipinski definition) is 2. The molecule has 0 radical (unpaired) electrons. The molecule has 140 valence electrons. The van der Waals surface area contributed by atoms with E-state index in [1.165, 1.54) is 12.1 Å². The van der Waals surface area contributed by atoms with Crippen molar-refractivity contribution in [3.05, 3.63) is 29.8 Å². The first-order valence-electron chi connectivity index (χ1n) is 8.79. The van der Waals surface area contributed by atoms with Gasteiger partial charge in [0.05, 0.1) is 10.9 Å². The van der Waals surface area contributed by atoms with Gasteiger partial charge in [-0.2, -0.15) is 0 Å². The van der Waals surface area contributed by atoms with E-state index in [0.29, 0.717) is 18.3 Å². The first-order valence-corrected chi connectivity index (χ1v) is 10.3. The van der Waals surface area contributed by atoms with Crippen molar-refractivity contribution < 1.29 is 13.2 Å². The van der Waals surface area contributed by atoms with E-state index in [-0.39, 0.29) is 16.8 Å². The number of piperidine rings is 1. The van der Waals surface area contributed by atoms with Gasteiger partial charge in [0, 0.05) is 13.5 Å². The van der Waals surface area contributed by atoms with E-state index >= 15 is 0 Å². The maximum atomic E-state index is 12.6. The Morgan fingerprint density at radius 2 is 1.80 bits per heavy atom. The molecule has 1 aromatic carbocycles. The number of carbonyl (C=O) groups is 1. The number of rotatable bonds is 6. The molecule has 1 heterocycles. The molecule has 0 bridgehead atoms. The highest BCUT2D eigenvalue weighted by atomic mass is 32.2. The Labute approximate surface area is 150 Å². The van der Waals surface area contributed by atoms with Crippen LogP contribution in [-0.4, -0.2) is 39.4 Å². The molecule has 1 aliphatic heterocycles. The van der Waals surface area contributed by atoms with Gasteiger partial charge in [0.1, 0.15) is 0 Å². The van der Waals surface area contributed by atoms with Crippen LogP contribution in [0, 0.1) is 11.8 Å². The summed E-state index contributed by atoms with van der Waals surface area (Å²) in [4.78, 5) is 14.5. The molecule has 2 atom stereocenters. The molecule has 0 aromatic heterocycles. The largest absolute Gasteiger partial charge is 0.339 e. The lowest BCUT2D eigenvalue weighted by molar-refractivity contribution is -0.133. The predicted molar refractivity (Wildman–Crippen MR) is 98.4 cm³/mol. The van der Waals surface area contributed by atoms with E-state index in [0.717, 1.165) is 31.5 Å². The Balaban J connectivity index is 1.98. The Kier molecular flexibility index (Phi) is 6.59. The molecule has 1 saturated heterocycles. The van der Waals surface area contributed by atoms with E-state index in [1.54, 1.807) is 24.1 Å². The molecule has 1 aliphatic rings. The molecule has 25 heavy (non-hydrogen) atoms. The van der Waals surface area contributed by atoms with Gasteiger partial charge in [-0.3, -0.25) is 4.79 Å². The van der Waals surface area contributed by atoms with Crippen LogP contribution in [0.1, 0.15) is 44.7 Å². The molecule has 1 aromatic rings. The maximum Gasteiger partial charge on any atom is 0.238 e. The smallest absolute Gasteiger partial charge is 0.238 e. The van der Waals surface area contributed by atoms with Gasteiger partial charge in [-0.05, 0) is 62.4 Å². The summed E-state index contributed by atoms with van der Waals surface area (Å²) in [5.74, 6) is 1.09. The van der Waals surface area contributed by atoms with Gasteiger partial charge in [-0.25, -0.2) is 13.6 Å². The SMILES string of the molecule is CC(CC(=O)N(C)C(C)c1ccc(S(N)(=O)=O)cc1)C1CCNCC1. The van der Waals surface area contributed by atoms with Crippen LogP contribution < -0.4 is 10.5 Å². The van der Waals surface area contributed by atoms with Gasteiger partial charge >= 0.3 is 0 Å². The van der Waals surface area contributed by atoms with E-state index < -0.39 is 10.0 Å². The lowest BCUT2D eigenvalue weighted by Gasteiger charge is -2.31. The van der Waals surface area contributed by atoms with Crippen molar-refractivity contribution in [2.24, 2.45) is 17.0 Å². The van der Waals surface area contributed by atoms with Gasteiger partial charge in [0.2, 0.25) is 15.9 Å². The molecule has 0 saturated carbocycles. The summed E-state index contributed by atoms with van der Waals surface area (Å²) in [5, 5.41) is 8.47. The van der Waals surface area contributed by atoms with Crippen LogP contribution in [0.15, 0.2) is 29.2 Å². The van der Waals surface area contributed by atoms with E-state index in [2.05, 4.69) is 12.2 Å². The van der Waals surface area contributed by atoms with Crippen LogP contribution in [-0.2, 0) is 14.8 Å². The summed E-state index contributed by atoms with van der Waals surface area (Å²) in [6.07, 6.45) is 2.80. The summed E-state index contributed by atoms with van der Waals surface area (Å²) in [6, 6.07) is 6.27. The molecular weight excluding hydrogens is 338 g/mol. The topological polar surface area (TPSA) is 92.5 Å². The quantitative estimate of drug-likeness (QED) is 0.803. The number of hydrogen-bond acceptors (Lipinski definition) is 4. The minimum atomic E-state index is -3.70. The number of nitrogens with two attached hydrogens (primary N) is 1. The highest BCUT2D eigenvalue weighted by molar-refractivity contribution is 7.89. The zero-order valence-corrected chi connectivity index (χ0v) is 16.1. The van der Waals surface area contributed by atoms with Crippen molar-refractivity contribution >= 4 is 15.9 Å². The van der Waals surface area contributed by atoms with Gasteiger partial charge < -0.3 is 10.2 Å². The molecule has 2 rings (SSSR count).